The molecule has 2 aromatic rings. The van der Waals surface area contributed by atoms with E-state index in [1.54, 1.807) is 6.33 Å². The van der Waals surface area contributed by atoms with E-state index >= 15 is 0 Å². The Hall–Kier alpha value is -2.14. The summed E-state index contributed by atoms with van der Waals surface area (Å²) in [5.41, 5.74) is 1.30. The summed E-state index contributed by atoms with van der Waals surface area (Å²) in [5, 5.41) is 0. The van der Waals surface area contributed by atoms with Gasteiger partial charge in [0.2, 0.25) is 0 Å². The number of nitrogens with zero attached hydrogens (tertiary/aromatic N) is 5. The molecule has 1 aromatic carbocycles. The van der Waals surface area contributed by atoms with Gasteiger partial charge in [0.15, 0.2) is 0 Å². The number of rotatable bonds is 5. The van der Waals surface area contributed by atoms with Crippen molar-refractivity contribution < 1.29 is 0 Å². The minimum Gasteiger partial charge on any atom is -0.354 e. The molecule has 0 saturated carbocycles. The molecule has 5 nitrogen and oxygen atoms in total. The van der Waals surface area contributed by atoms with Crippen molar-refractivity contribution in [2.45, 2.75) is 13.5 Å². The Bertz CT molecular complexity index is 608. The molecule has 0 aliphatic carbocycles. The van der Waals surface area contributed by atoms with Gasteiger partial charge in [-0.05, 0) is 19.5 Å². The summed E-state index contributed by atoms with van der Waals surface area (Å²) < 4.78 is 0. The Morgan fingerprint density at radius 1 is 1.04 bits per heavy atom. The Balaban J connectivity index is 1.74. The van der Waals surface area contributed by atoms with E-state index in [0.29, 0.717) is 0 Å². The van der Waals surface area contributed by atoms with Crippen molar-refractivity contribution in [1.82, 2.24) is 14.9 Å². The van der Waals surface area contributed by atoms with Crippen LogP contribution in [-0.2, 0) is 6.54 Å². The lowest BCUT2D eigenvalue weighted by molar-refractivity contribution is 0.312. The number of piperazine rings is 1. The third-order valence-electron chi connectivity index (χ3n) is 4.39. The van der Waals surface area contributed by atoms with Crippen molar-refractivity contribution in [1.29, 1.82) is 0 Å². The number of hydrogen-bond donors (Lipinski definition) is 0. The van der Waals surface area contributed by atoms with Gasteiger partial charge in [0.25, 0.3) is 0 Å². The zero-order chi connectivity index (χ0) is 16.1. The van der Waals surface area contributed by atoms with Gasteiger partial charge in [-0.2, -0.15) is 0 Å². The van der Waals surface area contributed by atoms with Crippen molar-refractivity contribution in [2.24, 2.45) is 0 Å². The van der Waals surface area contributed by atoms with E-state index in [-0.39, 0.29) is 0 Å². The van der Waals surface area contributed by atoms with Crippen molar-refractivity contribution in [3.8, 4) is 0 Å². The summed E-state index contributed by atoms with van der Waals surface area (Å²) in [6.07, 6.45) is 1.69. The number of anilines is 2. The Morgan fingerprint density at radius 2 is 1.78 bits per heavy atom. The summed E-state index contributed by atoms with van der Waals surface area (Å²) >= 11 is 0. The zero-order valence-electron chi connectivity index (χ0n) is 14.0. The van der Waals surface area contributed by atoms with Gasteiger partial charge in [0.1, 0.15) is 18.0 Å². The van der Waals surface area contributed by atoms with E-state index in [0.717, 1.165) is 50.9 Å². The maximum Gasteiger partial charge on any atom is 0.134 e. The summed E-state index contributed by atoms with van der Waals surface area (Å²) in [6, 6.07) is 12.7. The van der Waals surface area contributed by atoms with Crippen LogP contribution in [0.2, 0.25) is 0 Å². The fourth-order valence-corrected chi connectivity index (χ4v) is 2.88. The van der Waals surface area contributed by atoms with E-state index in [4.69, 9.17) is 0 Å². The predicted molar refractivity (Wildman–Crippen MR) is 94.9 cm³/mol. The van der Waals surface area contributed by atoms with Crippen LogP contribution in [0.25, 0.3) is 0 Å². The largest absolute Gasteiger partial charge is 0.354 e. The van der Waals surface area contributed by atoms with Crippen LogP contribution in [0.15, 0.2) is 42.7 Å². The SMILES string of the molecule is CCN(Cc1ccccc1)c1cc(N2CCN(C)CC2)ncn1. The molecular formula is C18H25N5. The molecule has 122 valence electrons. The summed E-state index contributed by atoms with van der Waals surface area (Å²) in [6.45, 7) is 8.18. The molecule has 0 spiro atoms. The highest BCUT2D eigenvalue weighted by atomic mass is 15.3. The van der Waals surface area contributed by atoms with E-state index < -0.39 is 0 Å². The number of hydrogen-bond acceptors (Lipinski definition) is 5. The second kappa shape index (κ2) is 7.42. The van der Waals surface area contributed by atoms with Crippen molar-refractivity contribution in [2.75, 3.05) is 49.6 Å². The zero-order valence-corrected chi connectivity index (χ0v) is 14.0. The molecule has 0 bridgehead atoms. The van der Waals surface area contributed by atoms with Crippen LogP contribution >= 0.6 is 0 Å². The van der Waals surface area contributed by atoms with Crippen LogP contribution in [0, 0.1) is 0 Å². The van der Waals surface area contributed by atoms with E-state index in [9.17, 15) is 0 Å². The topological polar surface area (TPSA) is 35.5 Å². The number of likely N-dealkylation sites (N-methyl/N-ethyl adjacent to an activating group) is 1. The molecule has 1 fully saturated rings. The number of aromatic nitrogens is 2. The first kappa shape index (κ1) is 15.7. The lowest BCUT2D eigenvalue weighted by Crippen LogP contribution is -2.44. The third kappa shape index (κ3) is 3.99. The molecule has 23 heavy (non-hydrogen) atoms. The minimum absolute atomic E-state index is 0.872. The molecule has 5 heteroatoms. The highest BCUT2D eigenvalue weighted by Gasteiger charge is 2.17. The van der Waals surface area contributed by atoms with Crippen LogP contribution in [0.4, 0.5) is 11.6 Å². The molecule has 0 unspecified atom stereocenters. The quantitative estimate of drug-likeness (QED) is 0.846. The monoisotopic (exact) mass is 311 g/mol. The van der Waals surface area contributed by atoms with E-state index in [2.05, 4.69) is 75.0 Å². The van der Waals surface area contributed by atoms with Gasteiger partial charge >= 0.3 is 0 Å². The van der Waals surface area contributed by atoms with Gasteiger partial charge in [0, 0.05) is 45.3 Å². The van der Waals surface area contributed by atoms with Crippen molar-refractivity contribution in [3.63, 3.8) is 0 Å². The van der Waals surface area contributed by atoms with Crippen molar-refractivity contribution in [3.05, 3.63) is 48.3 Å². The van der Waals surface area contributed by atoms with Gasteiger partial charge < -0.3 is 14.7 Å². The Labute approximate surface area is 138 Å². The third-order valence-corrected chi connectivity index (χ3v) is 4.39. The summed E-state index contributed by atoms with van der Waals surface area (Å²) in [7, 11) is 2.17. The Morgan fingerprint density at radius 3 is 2.48 bits per heavy atom. The van der Waals surface area contributed by atoms with Crippen LogP contribution in [0.5, 0.6) is 0 Å². The first-order chi connectivity index (χ1) is 11.3. The molecule has 3 rings (SSSR count). The second-order valence-electron chi connectivity index (χ2n) is 6.02. The fraction of sp³-hybridized carbons (Fsp3) is 0.444. The smallest absolute Gasteiger partial charge is 0.134 e. The molecule has 0 atom stereocenters. The maximum absolute atomic E-state index is 4.49. The highest BCUT2D eigenvalue weighted by molar-refractivity contribution is 5.50. The fourth-order valence-electron chi connectivity index (χ4n) is 2.88. The van der Waals surface area contributed by atoms with Crippen LogP contribution in [0.1, 0.15) is 12.5 Å². The number of benzene rings is 1. The molecule has 1 saturated heterocycles. The molecule has 0 N–H and O–H groups in total. The van der Waals surface area contributed by atoms with Crippen LogP contribution < -0.4 is 9.80 Å². The lowest BCUT2D eigenvalue weighted by atomic mass is 10.2. The predicted octanol–water partition coefficient (Wildman–Crippen LogP) is 2.25. The van der Waals surface area contributed by atoms with E-state index in [1.165, 1.54) is 5.56 Å². The molecule has 2 heterocycles. The normalized spacial score (nSPS) is 15.7. The van der Waals surface area contributed by atoms with Gasteiger partial charge in [-0.1, -0.05) is 30.3 Å². The van der Waals surface area contributed by atoms with Gasteiger partial charge in [0.05, 0.1) is 0 Å². The highest BCUT2D eigenvalue weighted by Crippen LogP contribution is 2.20. The Kier molecular flexibility index (Phi) is 5.08. The van der Waals surface area contributed by atoms with Gasteiger partial charge in [-0.3, -0.25) is 0 Å². The molecule has 1 aliphatic rings. The molecule has 0 amide bonds. The average Bonchev–Trinajstić information content (AvgIpc) is 2.61. The minimum atomic E-state index is 0.872. The summed E-state index contributed by atoms with van der Waals surface area (Å²) in [4.78, 5) is 16.0. The molecular weight excluding hydrogens is 286 g/mol. The van der Waals surface area contributed by atoms with Crippen molar-refractivity contribution >= 4 is 11.6 Å². The molecule has 1 aliphatic heterocycles. The maximum atomic E-state index is 4.49. The van der Waals surface area contributed by atoms with Crippen LogP contribution in [-0.4, -0.2) is 54.6 Å². The average molecular weight is 311 g/mol. The molecule has 0 radical (unpaired) electrons. The second-order valence-corrected chi connectivity index (χ2v) is 6.02. The van der Waals surface area contributed by atoms with Gasteiger partial charge in [-0.25, -0.2) is 9.97 Å². The first-order valence-corrected chi connectivity index (χ1v) is 8.30. The van der Waals surface area contributed by atoms with Gasteiger partial charge in [-0.15, -0.1) is 0 Å². The standard InChI is InChI=1S/C18H25N5/c1-3-22(14-16-7-5-4-6-8-16)17-13-18(20-15-19-17)23-11-9-21(2)10-12-23/h4-8,13,15H,3,9-12,14H2,1-2H3. The van der Waals surface area contributed by atoms with Crippen LogP contribution in [0.3, 0.4) is 0 Å². The molecule has 1 aromatic heterocycles. The lowest BCUT2D eigenvalue weighted by Gasteiger charge is -2.33. The first-order valence-electron chi connectivity index (χ1n) is 8.30. The summed E-state index contributed by atoms with van der Waals surface area (Å²) in [5.74, 6) is 2.04. The van der Waals surface area contributed by atoms with E-state index in [1.807, 2.05) is 0 Å².